The van der Waals surface area contributed by atoms with Crippen molar-refractivity contribution in [3.63, 3.8) is 0 Å². The highest BCUT2D eigenvalue weighted by Gasteiger charge is 2.46. The number of benzene rings is 2. The Hall–Kier alpha value is -3.49. The van der Waals surface area contributed by atoms with Gasteiger partial charge in [-0.05, 0) is 66.2 Å². The fourth-order valence-electron chi connectivity index (χ4n) is 3.82. The molecule has 32 heavy (non-hydrogen) atoms. The molecule has 2 aromatic heterocycles. The van der Waals surface area contributed by atoms with Gasteiger partial charge in [-0.3, -0.25) is 14.5 Å². The number of nitrogens with zero attached hydrogens (tertiary/aromatic N) is 2. The van der Waals surface area contributed by atoms with Crippen molar-refractivity contribution in [2.24, 2.45) is 0 Å². The second-order valence-corrected chi connectivity index (χ2v) is 9.60. The molecule has 0 fully saturated rings. The summed E-state index contributed by atoms with van der Waals surface area (Å²) in [5.41, 5.74) is 3.56. The number of thiophene rings is 1. The summed E-state index contributed by atoms with van der Waals surface area (Å²) < 4.78 is 0.915. The van der Waals surface area contributed by atoms with Crippen molar-refractivity contribution >= 4 is 49.7 Å². The maximum absolute atomic E-state index is 13.3. The van der Waals surface area contributed by atoms with Crippen LogP contribution in [0.5, 0.6) is 5.75 Å². The van der Waals surface area contributed by atoms with Gasteiger partial charge in [0.25, 0.3) is 5.91 Å². The number of thiazole rings is 1. The Balaban J connectivity index is 1.69. The fourth-order valence-corrected chi connectivity index (χ4v) is 5.57. The second-order valence-electron chi connectivity index (χ2n) is 7.64. The van der Waals surface area contributed by atoms with Crippen LogP contribution < -0.4 is 4.90 Å². The number of Topliss-reactive ketones (excluding diaryl/α,β-unsaturated/α-hetero) is 1. The van der Waals surface area contributed by atoms with E-state index in [0.29, 0.717) is 15.6 Å². The number of aliphatic hydroxyl groups is 1. The Morgan fingerprint density at radius 2 is 1.78 bits per heavy atom. The smallest absolute Gasteiger partial charge is 0.296 e. The molecule has 0 bridgehead atoms. The lowest BCUT2D eigenvalue weighted by atomic mass is 9.95. The van der Waals surface area contributed by atoms with Crippen molar-refractivity contribution in [3.05, 3.63) is 86.8 Å². The molecule has 1 atom stereocenters. The number of anilines is 1. The lowest BCUT2D eigenvalue weighted by molar-refractivity contribution is -0.117. The lowest BCUT2D eigenvalue weighted by Crippen LogP contribution is -2.30. The molecule has 160 valence electrons. The molecule has 1 aliphatic heterocycles. The number of aliphatic hydroxyl groups excluding tert-OH is 1. The molecule has 1 unspecified atom stereocenters. The normalized spacial score (nSPS) is 16.4. The maximum Gasteiger partial charge on any atom is 0.296 e. The number of aromatic nitrogens is 1. The van der Waals surface area contributed by atoms with Crippen LogP contribution in [0.25, 0.3) is 10.2 Å². The average Bonchev–Trinajstić information content (AvgIpc) is 3.48. The molecule has 1 aliphatic rings. The van der Waals surface area contributed by atoms with Crippen molar-refractivity contribution in [1.29, 1.82) is 0 Å². The van der Waals surface area contributed by atoms with E-state index in [2.05, 4.69) is 4.98 Å². The van der Waals surface area contributed by atoms with Gasteiger partial charge < -0.3 is 10.2 Å². The number of hydrogen-bond donors (Lipinski definition) is 2. The Labute approximate surface area is 191 Å². The minimum atomic E-state index is -0.861. The van der Waals surface area contributed by atoms with Crippen LogP contribution in [0.2, 0.25) is 0 Å². The van der Waals surface area contributed by atoms with Gasteiger partial charge in [0.15, 0.2) is 10.9 Å². The molecule has 6 nitrogen and oxygen atoms in total. The molecule has 8 heteroatoms. The zero-order valence-corrected chi connectivity index (χ0v) is 18.8. The highest BCUT2D eigenvalue weighted by molar-refractivity contribution is 7.22. The quantitative estimate of drug-likeness (QED) is 0.393. The molecule has 1 amide bonds. The van der Waals surface area contributed by atoms with Gasteiger partial charge in [0, 0.05) is 0 Å². The number of hydrogen-bond acceptors (Lipinski definition) is 7. The summed E-state index contributed by atoms with van der Waals surface area (Å²) in [7, 11) is 0. The van der Waals surface area contributed by atoms with Crippen molar-refractivity contribution < 1.29 is 19.8 Å². The highest BCUT2D eigenvalue weighted by atomic mass is 32.1. The maximum atomic E-state index is 13.3. The van der Waals surface area contributed by atoms with Crippen molar-refractivity contribution in [3.8, 4) is 5.75 Å². The molecule has 4 aromatic rings. The van der Waals surface area contributed by atoms with Crippen LogP contribution in [0, 0.1) is 13.8 Å². The van der Waals surface area contributed by atoms with Crippen LogP contribution in [0.4, 0.5) is 5.13 Å². The van der Waals surface area contributed by atoms with Gasteiger partial charge in [-0.15, -0.1) is 11.3 Å². The largest absolute Gasteiger partial charge is 0.508 e. The number of aromatic hydroxyl groups is 1. The molecule has 0 spiro atoms. The minimum Gasteiger partial charge on any atom is -0.508 e. The second kappa shape index (κ2) is 7.58. The van der Waals surface area contributed by atoms with E-state index in [1.807, 2.05) is 26.0 Å². The summed E-state index contributed by atoms with van der Waals surface area (Å²) in [5, 5.41) is 22.7. The molecule has 2 aromatic carbocycles. The number of ketones is 1. The van der Waals surface area contributed by atoms with Crippen LogP contribution >= 0.6 is 22.7 Å². The Morgan fingerprint density at radius 3 is 2.47 bits per heavy atom. The Morgan fingerprint density at radius 1 is 1.06 bits per heavy atom. The summed E-state index contributed by atoms with van der Waals surface area (Å²) in [6.45, 7) is 4.01. The van der Waals surface area contributed by atoms with E-state index in [-0.39, 0.29) is 11.3 Å². The standard InChI is InChI=1S/C24H18N2O4S2/c1-12-10-16-18(11-13(12)2)32-24(25-16)26-20(14-5-7-15(27)8-6-14)19(22(29)23(26)30)21(28)17-4-3-9-31-17/h3-11,20,27,29H,1-2H3. The van der Waals surface area contributed by atoms with Crippen molar-refractivity contribution in [1.82, 2.24) is 4.98 Å². The Bertz CT molecular complexity index is 1360. The van der Waals surface area contributed by atoms with Crippen LogP contribution in [-0.2, 0) is 4.79 Å². The molecule has 0 aliphatic carbocycles. The molecule has 3 heterocycles. The number of amides is 1. The summed E-state index contributed by atoms with van der Waals surface area (Å²) in [4.78, 5) is 33.0. The van der Waals surface area contributed by atoms with Gasteiger partial charge in [-0.2, -0.15) is 0 Å². The van der Waals surface area contributed by atoms with Crippen molar-refractivity contribution in [2.75, 3.05) is 4.90 Å². The summed E-state index contributed by atoms with van der Waals surface area (Å²) in [6, 6.07) is 12.8. The van der Waals surface area contributed by atoms with E-state index in [9.17, 15) is 19.8 Å². The molecule has 5 rings (SSSR count). The first-order valence-electron chi connectivity index (χ1n) is 9.86. The minimum absolute atomic E-state index is 0.00903. The third kappa shape index (κ3) is 3.19. The van der Waals surface area contributed by atoms with E-state index in [4.69, 9.17) is 0 Å². The molecule has 2 N–H and O–H groups in total. The molecule has 0 saturated carbocycles. The topological polar surface area (TPSA) is 90.7 Å². The van der Waals surface area contributed by atoms with Gasteiger partial charge in [0.1, 0.15) is 5.75 Å². The number of rotatable bonds is 4. The van der Waals surface area contributed by atoms with Gasteiger partial charge in [-0.1, -0.05) is 29.5 Å². The molecule has 0 saturated heterocycles. The number of phenols is 1. The van der Waals surface area contributed by atoms with Gasteiger partial charge in [0.05, 0.1) is 26.7 Å². The first kappa shape index (κ1) is 20.4. The third-order valence-electron chi connectivity index (χ3n) is 5.61. The van der Waals surface area contributed by atoms with E-state index in [1.54, 1.807) is 29.6 Å². The summed E-state index contributed by atoms with van der Waals surface area (Å²) >= 11 is 2.58. The van der Waals surface area contributed by atoms with E-state index in [1.165, 1.54) is 39.7 Å². The van der Waals surface area contributed by atoms with Gasteiger partial charge in [0.2, 0.25) is 5.78 Å². The monoisotopic (exact) mass is 462 g/mol. The number of carbonyl (C=O) groups is 2. The zero-order valence-electron chi connectivity index (χ0n) is 17.2. The summed E-state index contributed by atoms with van der Waals surface area (Å²) in [5.74, 6) is -1.59. The van der Waals surface area contributed by atoms with Crippen LogP contribution in [-0.4, -0.2) is 26.9 Å². The van der Waals surface area contributed by atoms with Gasteiger partial charge >= 0.3 is 0 Å². The van der Waals surface area contributed by atoms with E-state index >= 15 is 0 Å². The number of aryl methyl sites for hydroxylation is 2. The lowest BCUT2D eigenvalue weighted by Gasteiger charge is -2.24. The first-order chi connectivity index (χ1) is 15.3. The van der Waals surface area contributed by atoms with Crippen molar-refractivity contribution in [2.45, 2.75) is 19.9 Å². The zero-order chi connectivity index (χ0) is 22.6. The SMILES string of the molecule is Cc1cc2nc(N3C(=O)C(O)=C(C(=O)c4cccs4)C3c3ccc(O)cc3)sc2cc1C. The first-order valence-corrected chi connectivity index (χ1v) is 11.6. The van der Waals surface area contributed by atoms with E-state index < -0.39 is 23.5 Å². The predicted molar refractivity (Wildman–Crippen MR) is 126 cm³/mol. The van der Waals surface area contributed by atoms with Crippen LogP contribution in [0.15, 0.2) is 65.2 Å². The average molecular weight is 463 g/mol. The fraction of sp³-hybridized carbons (Fsp3) is 0.125. The van der Waals surface area contributed by atoms with Gasteiger partial charge in [-0.25, -0.2) is 4.98 Å². The number of fused-ring (bicyclic) bond motifs is 1. The third-order valence-corrected chi connectivity index (χ3v) is 7.49. The highest BCUT2D eigenvalue weighted by Crippen LogP contribution is 2.44. The number of phenolic OH excluding ortho intramolecular Hbond substituents is 1. The Kier molecular flexibility index (Phi) is 4.83. The number of carbonyl (C=O) groups excluding carboxylic acids is 2. The van der Waals surface area contributed by atoms with Crippen LogP contribution in [0.3, 0.4) is 0 Å². The molecular formula is C24H18N2O4S2. The van der Waals surface area contributed by atoms with E-state index in [0.717, 1.165) is 21.3 Å². The summed E-state index contributed by atoms with van der Waals surface area (Å²) in [6.07, 6.45) is 0. The van der Waals surface area contributed by atoms with Crippen LogP contribution in [0.1, 0.15) is 32.4 Å². The molecular weight excluding hydrogens is 444 g/mol. The predicted octanol–water partition coefficient (Wildman–Crippen LogP) is 5.46. The molecule has 0 radical (unpaired) electrons.